The highest BCUT2D eigenvalue weighted by Gasteiger charge is 2.31. The molecule has 4 nitrogen and oxygen atoms in total. The number of alkyl halides is 3. The highest BCUT2D eigenvalue weighted by Crippen LogP contribution is 2.34. The summed E-state index contributed by atoms with van der Waals surface area (Å²) in [5, 5.41) is 2.72. The van der Waals surface area contributed by atoms with Crippen LogP contribution >= 0.6 is 11.6 Å². The van der Waals surface area contributed by atoms with Gasteiger partial charge in [-0.2, -0.15) is 13.2 Å². The molecule has 0 aliphatic carbocycles. The summed E-state index contributed by atoms with van der Waals surface area (Å²) in [7, 11) is -3.76. The second kappa shape index (κ2) is 6.64. The van der Waals surface area contributed by atoms with Gasteiger partial charge in [-0.15, -0.1) is 0 Å². The van der Waals surface area contributed by atoms with Crippen molar-refractivity contribution in [1.82, 2.24) is 5.32 Å². The zero-order valence-electron chi connectivity index (χ0n) is 10.6. The van der Waals surface area contributed by atoms with E-state index >= 15 is 0 Å². The van der Waals surface area contributed by atoms with Crippen LogP contribution < -0.4 is 10.0 Å². The average molecular weight is 331 g/mol. The summed E-state index contributed by atoms with van der Waals surface area (Å²) in [4.78, 5) is 0. The molecule has 0 fully saturated rings. The van der Waals surface area contributed by atoms with Gasteiger partial charge >= 0.3 is 6.18 Å². The molecule has 0 atom stereocenters. The molecule has 0 saturated carbocycles. The van der Waals surface area contributed by atoms with Crippen LogP contribution in [0.15, 0.2) is 18.2 Å². The Bertz CT molecular complexity index is 561. The Kier molecular flexibility index (Phi) is 5.67. The monoisotopic (exact) mass is 330 g/mol. The van der Waals surface area contributed by atoms with Gasteiger partial charge in [0.2, 0.25) is 10.0 Å². The van der Waals surface area contributed by atoms with E-state index in [1.165, 1.54) is 0 Å². The zero-order chi connectivity index (χ0) is 15.4. The Morgan fingerprint density at radius 3 is 2.50 bits per heavy atom. The van der Waals surface area contributed by atoms with Crippen LogP contribution in [0.25, 0.3) is 0 Å². The summed E-state index contributed by atoms with van der Waals surface area (Å²) in [6.07, 6.45) is -4.56. The molecule has 2 N–H and O–H groups in total. The highest BCUT2D eigenvalue weighted by molar-refractivity contribution is 7.92. The molecule has 1 rings (SSSR count). The lowest BCUT2D eigenvalue weighted by Gasteiger charge is -2.13. The Morgan fingerprint density at radius 2 is 1.95 bits per heavy atom. The van der Waals surface area contributed by atoms with Crippen molar-refractivity contribution in [3.8, 4) is 0 Å². The second-order valence-corrected chi connectivity index (χ2v) is 6.22. The molecule has 0 aliphatic heterocycles. The first-order chi connectivity index (χ1) is 9.15. The summed E-state index contributed by atoms with van der Waals surface area (Å²) in [5.74, 6) is -0.257. The maximum atomic E-state index is 12.6. The van der Waals surface area contributed by atoms with Crippen molar-refractivity contribution in [2.24, 2.45) is 0 Å². The van der Waals surface area contributed by atoms with Gasteiger partial charge in [-0.25, -0.2) is 8.42 Å². The molecule has 0 saturated heterocycles. The van der Waals surface area contributed by atoms with Crippen molar-refractivity contribution in [3.63, 3.8) is 0 Å². The predicted octanol–water partition coefficient (Wildman–Crippen LogP) is 2.71. The lowest BCUT2D eigenvalue weighted by molar-refractivity contribution is -0.137. The third-order valence-corrected chi connectivity index (χ3v) is 3.96. The van der Waals surface area contributed by atoms with Gasteiger partial charge in [0.15, 0.2) is 0 Å². The van der Waals surface area contributed by atoms with Crippen LogP contribution in [-0.2, 0) is 16.2 Å². The maximum Gasteiger partial charge on any atom is 0.416 e. The quantitative estimate of drug-likeness (QED) is 0.788. The summed E-state index contributed by atoms with van der Waals surface area (Å²) in [5.41, 5.74) is -1.25. The third-order valence-electron chi connectivity index (χ3n) is 2.36. The van der Waals surface area contributed by atoms with E-state index in [4.69, 9.17) is 11.6 Å². The number of sulfonamides is 1. The number of halogens is 4. The Morgan fingerprint density at radius 1 is 1.30 bits per heavy atom. The van der Waals surface area contributed by atoms with Gasteiger partial charge in [0.05, 0.1) is 22.0 Å². The van der Waals surface area contributed by atoms with Gasteiger partial charge in [0.25, 0.3) is 0 Å². The highest BCUT2D eigenvalue weighted by atomic mass is 35.5. The Labute approximate surface area is 120 Å². The third kappa shape index (κ3) is 5.18. The average Bonchev–Trinajstić information content (AvgIpc) is 2.30. The number of benzene rings is 1. The van der Waals surface area contributed by atoms with Crippen molar-refractivity contribution in [1.29, 1.82) is 0 Å². The summed E-state index contributed by atoms with van der Waals surface area (Å²) >= 11 is 5.70. The molecular formula is C11H14ClF3N2O2S. The normalized spacial score (nSPS) is 12.4. The molecule has 0 unspecified atom stereocenters. The van der Waals surface area contributed by atoms with Crippen LogP contribution in [0.2, 0.25) is 5.02 Å². The first-order valence-electron chi connectivity index (χ1n) is 5.73. The number of hydrogen-bond acceptors (Lipinski definition) is 3. The van der Waals surface area contributed by atoms with Crippen LogP contribution in [0.1, 0.15) is 12.5 Å². The van der Waals surface area contributed by atoms with Crippen LogP contribution in [0.4, 0.5) is 18.9 Å². The number of nitrogens with one attached hydrogen (secondary N) is 2. The van der Waals surface area contributed by atoms with Gasteiger partial charge in [-0.1, -0.05) is 18.5 Å². The molecule has 114 valence electrons. The van der Waals surface area contributed by atoms with Crippen LogP contribution in [-0.4, -0.2) is 27.3 Å². The van der Waals surface area contributed by atoms with E-state index in [9.17, 15) is 21.6 Å². The number of anilines is 1. The van der Waals surface area contributed by atoms with E-state index in [2.05, 4.69) is 10.0 Å². The molecule has 0 spiro atoms. The minimum absolute atomic E-state index is 0.0926. The van der Waals surface area contributed by atoms with Crippen LogP contribution in [0.3, 0.4) is 0 Å². The minimum atomic E-state index is -4.56. The summed E-state index contributed by atoms with van der Waals surface area (Å²) in [6.45, 7) is 2.60. The van der Waals surface area contributed by atoms with Crippen molar-refractivity contribution in [2.45, 2.75) is 13.1 Å². The number of rotatable bonds is 6. The molecule has 9 heteroatoms. The Balaban J connectivity index is 2.91. The lowest BCUT2D eigenvalue weighted by Crippen LogP contribution is -2.26. The van der Waals surface area contributed by atoms with E-state index in [1.807, 2.05) is 6.92 Å². The van der Waals surface area contributed by atoms with Crippen molar-refractivity contribution in [3.05, 3.63) is 28.8 Å². The first kappa shape index (κ1) is 17.1. The predicted molar refractivity (Wildman–Crippen MR) is 72.4 cm³/mol. The fourth-order valence-electron chi connectivity index (χ4n) is 1.38. The molecule has 1 aromatic carbocycles. The summed E-state index contributed by atoms with van der Waals surface area (Å²) < 4.78 is 63.1. The van der Waals surface area contributed by atoms with Crippen molar-refractivity contribution < 1.29 is 21.6 Å². The van der Waals surface area contributed by atoms with Gasteiger partial charge in [-0.05, 0) is 24.7 Å². The molecule has 0 aliphatic rings. The van der Waals surface area contributed by atoms with Gasteiger partial charge in [-0.3, -0.25) is 4.72 Å². The largest absolute Gasteiger partial charge is 0.416 e. The molecule has 0 bridgehead atoms. The molecule has 0 heterocycles. The molecular weight excluding hydrogens is 317 g/mol. The molecule has 20 heavy (non-hydrogen) atoms. The zero-order valence-corrected chi connectivity index (χ0v) is 12.2. The fraction of sp³-hybridized carbons (Fsp3) is 0.455. The smallest absolute Gasteiger partial charge is 0.316 e. The lowest BCUT2D eigenvalue weighted by atomic mass is 10.2. The minimum Gasteiger partial charge on any atom is -0.316 e. The van der Waals surface area contributed by atoms with Gasteiger partial charge in [0, 0.05) is 6.54 Å². The standard InChI is InChI=1S/C11H14ClF3N2O2S/c1-2-16-5-6-20(18,19)17-10-7-8(11(13,14)15)3-4-9(10)12/h3-4,7,16-17H,2,5-6H2,1H3. The van der Waals surface area contributed by atoms with E-state index in [-0.39, 0.29) is 23.0 Å². The Hall–Kier alpha value is -0.990. The van der Waals surface area contributed by atoms with E-state index in [0.29, 0.717) is 12.6 Å². The fourth-order valence-corrected chi connectivity index (χ4v) is 2.62. The SMILES string of the molecule is CCNCCS(=O)(=O)Nc1cc(C(F)(F)F)ccc1Cl. The first-order valence-corrected chi connectivity index (χ1v) is 7.76. The van der Waals surface area contributed by atoms with E-state index in [1.54, 1.807) is 0 Å². The van der Waals surface area contributed by atoms with Crippen LogP contribution in [0.5, 0.6) is 0 Å². The number of hydrogen-bond donors (Lipinski definition) is 2. The van der Waals surface area contributed by atoms with E-state index < -0.39 is 21.8 Å². The molecule has 0 aromatic heterocycles. The molecule has 1 aromatic rings. The van der Waals surface area contributed by atoms with Gasteiger partial charge < -0.3 is 5.32 Å². The molecule has 0 radical (unpaired) electrons. The van der Waals surface area contributed by atoms with E-state index in [0.717, 1.165) is 12.1 Å². The topological polar surface area (TPSA) is 58.2 Å². The van der Waals surface area contributed by atoms with Crippen molar-refractivity contribution >= 4 is 27.3 Å². The van der Waals surface area contributed by atoms with Crippen LogP contribution in [0, 0.1) is 0 Å². The molecule has 0 amide bonds. The summed E-state index contributed by atoms with van der Waals surface area (Å²) in [6, 6.07) is 2.47. The van der Waals surface area contributed by atoms with Crippen molar-refractivity contribution in [2.75, 3.05) is 23.6 Å². The second-order valence-electron chi connectivity index (χ2n) is 3.97. The maximum absolute atomic E-state index is 12.6. The van der Waals surface area contributed by atoms with Gasteiger partial charge in [0.1, 0.15) is 0 Å².